The van der Waals surface area contributed by atoms with E-state index in [1.54, 1.807) is 23.7 Å². The third-order valence-corrected chi connectivity index (χ3v) is 3.74. The SMILES string of the molecule is CC(C)(Nc1ncncc1Br)c1nccs1. The average Bonchev–Trinajstić information content (AvgIpc) is 2.75. The van der Waals surface area contributed by atoms with Crippen molar-refractivity contribution in [2.45, 2.75) is 19.4 Å². The minimum absolute atomic E-state index is 0.245. The molecule has 0 aliphatic carbocycles. The van der Waals surface area contributed by atoms with Crippen molar-refractivity contribution in [1.82, 2.24) is 15.0 Å². The minimum Gasteiger partial charge on any atom is -0.358 e. The predicted octanol–water partition coefficient (Wildman–Crippen LogP) is 3.04. The number of hydrogen-bond acceptors (Lipinski definition) is 5. The van der Waals surface area contributed by atoms with E-state index in [-0.39, 0.29) is 5.54 Å². The predicted molar refractivity (Wildman–Crippen MR) is 68.5 cm³/mol. The van der Waals surface area contributed by atoms with Crippen LogP contribution in [0.2, 0.25) is 0 Å². The highest BCUT2D eigenvalue weighted by molar-refractivity contribution is 9.10. The fraction of sp³-hybridized carbons (Fsp3) is 0.300. The lowest BCUT2D eigenvalue weighted by Crippen LogP contribution is -2.28. The van der Waals surface area contributed by atoms with Crippen LogP contribution in [-0.2, 0) is 5.54 Å². The summed E-state index contributed by atoms with van der Waals surface area (Å²) in [6, 6.07) is 0. The first-order valence-electron chi connectivity index (χ1n) is 4.73. The molecular formula is C10H11BrN4S. The number of aromatic nitrogens is 3. The second kappa shape index (κ2) is 4.47. The van der Waals surface area contributed by atoms with Gasteiger partial charge in [-0.05, 0) is 29.8 Å². The molecule has 0 bridgehead atoms. The number of halogens is 1. The number of thiazole rings is 1. The van der Waals surface area contributed by atoms with Gasteiger partial charge in [0, 0.05) is 17.8 Å². The van der Waals surface area contributed by atoms with Gasteiger partial charge >= 0.3 is 0 Å². The third-order valence-electron chi connectivity index (χ3n) is 2.07. The van der Waals surface area contributed by atoms with E-state index in [2.05, 4.69) is 50.0 Å². The molecule has 0 spiro atoms. The molecule has 2 rings (SSSR count). The number of anilines is 1. The van der Waals surface area contributed by atoms with Crippen LogP contribution in [0.1, 0.15) is 18.9 Å². The van der Waals surface area contributed by atoms with Crippen molar-refractivity contribution >= 4 is 33.1 Å². The van der Waals surface area contributed by atoms with E-state index in [9.17, 15) is 0 Å². The van der Waals surface area contributed by atoms with Crippen LogP contribution in [0, 0.1) is 0 Å². The fourth-order valence-electron chi connectivity index (χ4n) is 1.29. The average molecular weight is 299 g/mol. The van der Waals surface area contributed by atoms with Crippen LogP contribution in [0.5, 0.6) is 0 Å². The Morgan fingerprint density at radius 2 is 2.19 bits per heavy atom. The number of nitrogens with zero attached hydrogens (tertiary/aromatic N) is 3. The first kappa shape index (κ1) is 11.5. The van der Waals surface area contributed by atoms with Crippen molar-refractivity contribution in [3.05, 3.63) is 33.6 Å². The smallest absolute Gasteiger partial charge is 0.144 e. The van der Waals surface area contributed by atoms with Crippen molar-refractivity contribution in [3.8, 4) is 0 Å². The van der Waals surface area contributed by atoms with Crippen LogP contribution in [0.25, 0.3) is 0 Å². The molecule has 84 valence electrons. The lowest BCUT2D eigenvalue weighted by molar-refractivity contribution is 0.600. The lowest BCUT2D eigenvalue weighted by atomic mass is 10.1. The molecule has 0 saturated carbocycles. The highest BCUT2D eigenvalue weighted by atomic mass is 79.9. The molecule has 0 atom stereocenters. The molecule has 4 nitrogen and oxygen atoms in total. The van der Waals surface area contributed by atoms with Crippen LogP contribution in [0.15, 0.2) is 28.6 Å². The Labute approximate surface area is 106 Å². The summed E-state index contributed by atoms with van der Waals surface area (Å²) in [4.78, 5) is 12.4. The summed E-state index contributed by atoms with van der Waals surface area (Å²) in [5.41, 5.74) is -0.245. The second-order valence-electron chi connectivity index (χ2n) is 3.81. The van der Waals surface area contributed by atoms with Crippen LogP contribution >= 0.6 is 27.3 Å². The Balaban J connectivity index is 2.25. The Hall–Kier alpha value is -1.01. The van der Waals surface area contributed by atoms with Gasteiger partial charge in [-0.25, -0.2) is 15.0 Å². The standard InChI is InChI=1S/C10H11BrN4S/c1-10(2,9-13-3-4-16-9)15-8-7(11)5-12-6-14-8/h3-6H,1-2H3,(H,12,14,15). The summed E-state index contributed by atoms with van der Waals surface area (Å²) in [6.45, 7) is 4.14. The van der Waals surface area contributed by atoms with Crippen molar-refractivity contribution < 1.29 is 0 Å². The zero-order valence-corrected chi connectivity index (χ0v) is 11.3. The van der Waals surface area contributed by atoms with E-state index in [1.807, 2.05) is 5.38 Å². The Morgan fingerprint density at radius 3 is 2.81 bits per heavy atom. The van der Waals surface area contributed by atoms with Crippen molar-refractivity contribution in [3.63, 3.8) is 0 Å². The molecule has 2 aromatic heterocycles. The van der Waals surface area contributed by atoms with E-state index in [1.165, 1.54) is 6.33 Å². The third kappa shape index (κ3) is 2.38. The quantitative estimate of drug-likeness (QED) is 0.946. The molecular weight excluding hydrogens is 288 g/mol. The molecule has 0 aromatic carbocycles. The minimum atomic E-state index is -0.245. The van der Waals surface area contributed by atoms with Gasteiger partial charge in [0.25, 0.3) is 0 Å². The van der Waals surface area contributed by atoms with Crippen LogP contribution in [0.4, 0.5) is 5.82 Å². The highest BCUT2D eigenvalue weighted by Crippen LogP contribution is 2.28. The summed E-state index contributed by atoms with van der Waals surface area (Å²) < 4.78 is 0.847. The van der Waals surface area contributed by atoms with E-state index in [0.29, 0.717) is 0 Å². The highest BCUT2D eigenvalue weighted by Gasteiger charge is 2.24. The maximum absolute atomic E-state index is 4.31. The van der Waals surface area contributed by atoms with E-state index in [0.717, 1.165) is 15.3 Å². The molecule has 1 N–H and O–H groups in total. The fourth-order valence-corrected chi connectivity index (χ4v) is 2.32. The van der Waals surface area contributed by atoms with Gasteiger partial charge in [-0.2, -0.15) is 0 Å². The molecule has 0 aliphatic heterocycles. The molecule has 0 radical (unpaired) electrons. The summed E-state index contributed by atoms with van der Waals surface area (Å²) in [5.74, 6) is 0.773. The molecule has 0 unspecified atom stereocenters. The molecule has 0 saturated heterocycles. The van der Waals surface area contributed by atoms with Crippen molar-refractivity contribution in [2.75, 3.05) is 5.32 Å². The van der Waals surface area contributed by atoms with Crippen molar-refractivity contribution in [1.29, 1.82) is 0 Å². The molecule has 16 heavy (non-hydrogen) atoms. The Kier molecular flexibility index (Phi) is 3.20. The summed E-state index contributed by atoms with van der Waals surface area (Å²) >= 11 is 5.03. The maximum Gasteiger partial charge on any atom is 0.144 e. The van der Waals surface area contributed by atoms with Gasteiger partial charge in [-0.3, -0.25) is 0 Å². The molecule has 2 heterocycles. The van der Waals surface area contributed by atoms with Gasteiger partial charge in [0.2, 0.25) is 0 Å². The van der Waals surface area contributed by atoms with E-state index >= 15 is 0 Å². The largest absolute Gasteiger partial charge is 0.358 e. The number of nitrogens with one attached hydrogen (secondary N) is 1. The Bertz CT molecular complexity index is 469. The zero-order chi connectivity index (χ0) is 11.6. The van der Waals surface area contributed by atoms with Gasteiger partial charge in [0.05, 0.1) is 10.0 Å². The van der Waals surface area contributed by atoms with Gasteiger partial charge < -0.3 is 5.32 Å². The second-order valence-corrected chi connectivity index (χ2v) is 5.56. The molecule has 0 fully saturated rings. The van der Waals surface area contributed by atoms with Crippen molar-refractivity contribution in [2.24, 2.45) is 0 Å². The summed E-state index contributed by atoms with van der Waals surface area (Å²) in [6.07, 6.45) is 5.04. The molecule has 0 aliphatic rings. The first-order valence-corrected chi connectivity index (χ1v) is 6.40. The Morgan fingerprint density at radius 1 is 1.38 bits per heavy atom. The van der Waals surface area contributed by atoms with Crippen LogP contribution in [-0.4, -0.2) is 15.0 Å². The zero-order valence-electron chi connectivity index (χ0n) is 8.94. The summed E-state index contributed by atoms with van der Waals surface area (Å²) in [5, 5.41) is 6.33. The van der Waals surface area contributed by atoms with Crippen LogP contribution in [0.3, 0.4) is 0 Å². The first-order chi connectivity index (χ1) is 7.59. The topological polar surface area (TPSA) is 50.7 Å². The summed E-state index contributed by atoms with van der Waals surface area (Å²) in [7, 11) is 0. The van der Waals surface area contributed by atoms with Gasteiger partial charge in [0.1, 0.15) is 17.2 Å². The van der Waals surface area contributed by atoms with E-state index in [4.69, 9.17) is 0 Å². The molecule has 6 heteroatoms. The van der Waals surface area contributed by atoms with Gasteiger partial charge in [0.15, 0.2) is 0 Å². The van der Waals surface area contributed by atoms with Crippen LogP contribution < -0.4 is 5.32 Å². The normalized spacial score (nSPS) is 11.4. The number of hydrogen-bond donors (Lipinski definition) is 1. The van der Waals surface area contributed by atoms with Gasteiger partial charge in [-0.15, -0.1) is 11.3 Å². The molecule has 2 aromatic rings. The van der Waals surface area contributed by atoms with Gasteiger partial charge in [-0.1, -0.05) is 0 Å². The molecule has 0 amide bonds. The number of rotatable bonds is 3. The monoisotopic (exact) mass is 298 g/mol. The maximum atomic E-state index is 4.31. The van der Waals surface area contributed by atoms with E-state index < -0.39 is 0 Å². The lowest BCUT2D eigenvalue weighted by Gasteiger charge is -2.24.